The van der Waals surface area contributed by atoms with Crippen LogP contribution >= 0.6 is 0 Å². The lowest BCUT2D eigenvalue weighted by Gasteiger charge is -2.42. The van der Waals surface area contributed by atoms with Crippen molar-refractivity contribution in [3.63, 3.8) is 0 Å². The molecule has 1 nitrogen and oxygen atoms in total. The minimum absolute atomic E-state index is 0.0500. The summed E-state index contributed by atoms with van der Waals surface area (Å²) in [4.78, 5) is 0. The third-order valence-corrected chi connectivity index (χ3v) is 9.16. The van der Waals surface area contributed by atoms with Crippen LogP contribution in [0.4, 0.5) is 0 Å². The van der Waals surface area contributed by atoms with Crippen molar-refractivity contribution in [2.45, 2.75) is 38.5 Å². The Kier molecular flexibility index (Phi) is 3.87. The lowest BCUT2D eigenvalue weighted by Crippen LogP contribution is -2.33. The summed E-state index contributed by atoms with van der Waals surface area (Å²) in [5.41, 5.74) is 14.8. The van der Waals surface area contributed by atoms with Gasteiger partial charge in [-0.1, -0.05) is 119 Å². The summed E-state index contributed by atoms with van der Waals surface area (Å²) in [6, 6.07) is 38.4. The molecule has 178 valence electrons. The fraction of sp³-hybridized carbons (Fsp3) is 0.167. The van der Waals surface area contributed by atoms with E-state index >= 15 is 0 Å². The van der Waals surface area contributed by atoms with Crippen molar-refractivity contribution in [1.82, 2.24) is 4.57 Å². The highest BCUT2D eigenvalue weighted by Crippen LogP contribution is 2.55. The molecule has 2 aliphatic heterocycles. The van der Waals surface area contributed by atoms with Crippen LogP contribution in [0.25, 0.3) is 49.7 Å². The summed E-state index contributed by atoms with van der Waals surface area (Å²) in [6.45, 7) is 9.60. The highest BCUT2D eigenvalue weighted by molar-refractivity contribution is 6.15. The molecule has 0 unspecified atom stereocenters. The zero-order valence-electron chi connectivity index (χ0n) is 21.8. The lowest BCUT2D eigenvalue weighted by atomic mass is 9.68. The second kappa shape index (κ2) is 6.81. The van der Waals surface area contributed by atoms with Crippen molar-refractivity contribution >= 4 is 21.8 Å². The average Bonchev–Trinajstić information content (AvgIpc) is 3.26. The standard InChI is InChI=1S/C36H29N/c1-35(2)28-17-10-16-26-27-20-23(25-15-9-8-14-24(25)22-12-6-5-7-13-22)21-31-33(27)37(32(26)28)34-29(35)18-11-19-30(34)36(31,3)4/h5-21H,1-4H3. The highest BCUT2D eigenvalue weighted by Gasteiger charge is 2.43. The van der Waals surface area contributed by atoms with Gasteiger partial charge in [0.05, 0.1) is 16.7 Å². The quantitative estimate of drug-likeness (QED) is 0.235. The number of nitrogens with zero attached hydrogens (tertiary/aromatic N) is 1. The van der Waals surface area contributed by atoms with Gasteiger partial charge < -0.3 is 4.57 Å². The Hall–Kier alpha value is -4.10. The minimum Gasteiger partial charge on any atom is -0.308 e. The summed E-state index contributed by atoms with van der Waals surface area (Å²) in [7, 11) is 0. The van der Waals surface area contributed by atoms with Crippen LogP contribution in [0.5, 0.6) is 0 Å². The largest absolute Gasteiger partial charge is 0.308 e. The zero-order valence-corrected chi connectivity index (χ0v) is 21.8. The van der Waals surface area contributed by atoms with Gasteiger partial charge in [0.2, 0.25) is 0 Å². The van der Waals surface area contributed by atoms with Gasteiger partial charge in [-0.2, -0.15) is 0 Å². The third-order valence-electron chi connectivity index (χ3n) is 9.16. The topological polar surface area (TPSA) is 4.93 Å². The molecule has 3 heterocycles. The molecule has 0 spiro atoms. The van der Waals surface area contributed by atoms with E-state index in [1.165, 1.54) is 72.0 Å². The number of rotatable bonds is 2. The molecule has 0 fully saturated rings. The molecular formula is C36H29N. The van der Waals surface area contributed by atoms with Gasteiger partial charge >= 0.3 is 0 Å². The van der Waals surface area contributed by atoms with Crippen molar-refractivity contribution in [3.8, 4) is 27.9 Å². The Morgan fingerprint density at radius 1 is 0.459 bits per heavy atom. The first kappa shape index (κ1) is 21.0. The molecule has 37 heavy (non-hydrogen) atoms. The summed E-state index contributed by atoms with van der Waals surface area (Å²) in [5.74, 6) is 0. The minimum atomic E-state index is -0.112. The predicted octanol–water partition coefficient (Wildman–Crippen LogP) is 9.40. The maximum Gasteiger partial charge on any atom is 0.0582 e. The number of hydrogen-bond acceptors (Lipinski definition) is 0. The number of para-hydroxylation sites is 2. The molecule has 1 heteroatoms. The monoisotopic (exact) mass is 475 g/mol. The molecule has 1 aromatic heterocycles. The van der Waals surface area contributed by atoms with Gasteiger partial charge in [0, 0.05) is 21.6 Å². The Balaban J connectivity index is 1.56. The smallest absolute Gasteiger partial charge is 0.0582 e. The van der Waals surface area contributed by atoms with Crippen LogP contribution in [0.2, 0.25) is 0 Å². The van der Waals surface area contributed by atoms with Crippen LogP contribution in [0, 0.1) is 0 Å². The Morgan fingerprint density at radius 2 is 1.03 bits per heavy atom. The van der Waals surface area contributed by atoms with Gasteiger partial charge in [0.25, 0.3) is 0 Å². The molecule has 0 atom stereocenters. The number of aromatic nitrogens is 1. The SMILES string of the molecule is CC1(C)c2cccc3c2-n2c4c1cccc4c1cc(-c4ccccc4-c4ccccc4)cc(c12)C3(C)C. The van der Waals surface area contributed by atoms with Crippen LogP contribution < -0.4 is 0 Å². The maximum absolute atomic E-state index is 2.60. The highest BCUT2D eigenvalue weighted by atomic mass is 15.0. The van der Waals surface area contributed by atoms with E-state index < -0.39 is 0 Å². The van der Waals surface area contributed by atoms with Gasteiger partial charge in [-0.25, -0.2) is 0 Å². The molecule has 5 aromatic carbocycles. The fourth-order valence-corrected chi connectivity index (χ4v) is 7.24. The van der Waals surface area contributed by atoms with Crippen LogP contribution in [-0.2, 0) is 10.8 Å². The van der Waals surface area contributed by atoms with E-state index in [2.05, 4.69) is 135 Å². The summed E-state index contributed by atoms with van der Waals surface area (Å²) < 4.78 is 2.60. The van der Waals surface area contributed by atoms with Crippen LogP contribution in [0.1, 0.15) is 49.9 Å². The van der Waals surface area contributed by atoms with E-state index in [4.69, 9.17) is 0 Å². The van der Waals surface area contributed by atoms with E-state index in [0.717, 1.165) is 0 Å². The molecule has 6 aromatic rings. The van der Waals surface area contributed by atoms with Gasteiger partial charge in [0.1, 0.15) is 0 Å². The molecule has 0 aliphatic carbocycles. The van der Waals surface area contributed by atoms with Crippen LogP contribution in [0.15, 0.2) is 103 Å². The van der Waals surface area contributed by atoms with Gasteiger partial charge in [-0.05, 0) is 56.6 Å². The molecule has 0 amide bonds. The summed E-state index contributed by atoms with van der Waals surface area (Å²) in [6.07, 6.45) is 0. The number of hydrogen-bond donors (Lipinski definition) is 0. The third kappa shape index (κ3) is 2.50. The first-order valence-corrected chi connectivity index (χ1v) is 13.3. The second-order valence-corrected chi connectivity index (χ2v) is 11.8. The van der Waals surface area contributed by atoms with E-state index in [0.29, 0.717) is 0 Å². The van der Waals surface area contributed by atoms with E-state index in [-0.39, 0.29) is 10.8 Å². The van der Waals surface area contributed by atoms with Gasteiger partial charge in [0.15, 0.2) is 0 Å². The Bertz CT molecular complexity index is 1910. The van der Waals surface area contributed by atoms with Crippen molar-refractivity contribution in [1.29, 1.82) is 0 Å². The Labute approximate surface area is 218 Å². The van der Waals surface area contributed by atoms with E-state index in [9.17, 15) is 0 Å². The van der Waals surface area contributed by atoms with Crippen LogP contribution in [-0.4, -0.2) is 4.57 Å². The molecule has 2 aliphatic rings. The summed E-state index contributed by atoms with van der Waals surface area (Å²) in [5, 5.41) is 2.72. The second-order valence-electron chi connectivity index (χ2n) is 11.8. The van der Waals surface area contributed by atoms with Gasteiger partial charge in [-0.15, -0.1) is 0 Å². The van der Waals surface area contributed by atoms with E-state index in [1.54, 1.807) is 0 Å². The first-order valence-electron chi connectivity index (χ1n) is 13.3. The molecular weight excluding hydrogens is 446 g/mol. The van der Waals surface area contributed by atoms with Crippen molar-refractivity contribution < 1.29 is 0 Å². The lowest BCUT2D eigenvalue weighted by molar-refractivity contribution is 0.594. The normalized spacial score (nSPS) is 16.0. The van der Waals surface area contributed by atoms with E-state index in [1.807, 2.05) is 0 Å². The molecule has 0 bridgehead atoms. The van der Waals surface area contributed by atoms with Crippen molar-refractivity contribution in [3.05, 3.63) is 125 Å². The van der Waals surface area contributed by atoms with Crippen LogP contribution in [0.3, 0.4) is 0 Å². The first-order chi connectivity index (χ1) is 17.9. The average molecular weight is 476 g/mol. The molecule has 0 saturated carbocycles. The van der Waals surface area contributed by atoms with Gasteiger partial charge in [-0.3, -0.25) is 0 Å². The zero-order chi connectivity index (χ0) is 25.1. The van der Waals surface area contributed by atoms with Crippen molar-refractivity contribution in [2.24, 2.45) is 0 Å². The molecule has 8 rings (SSSR count). The Morgan fingerprint density at radius 3 is 1.76 bits per heavy atom. The predicted molar refractivity (Wildman–Crippen MR) is 156 cm³/mol. The van der Waals surface area contributed by atoms with Crippen molar-refractivity contribution in [2.75, 3.05) is 0 Å². The summed E-state index contributed by atoms with van der Waals surface area (Å²) >= 11 is 0. The number of fused-ring (bicyclic) bond motifs is 1. The molecule has 0 saturated heterocycles. The fourth-order valence-electron chi connectivity index (χ4n) is 7.24. The molecule has 0 N–H and O–H groups in total. The maximum atomic E-state index is 2.60. The number of benzene rings is 5. The molecule has 0 radical (unpaired) electrons.